The number of hydrogen-bond acceptors (Lipinski definition) is 6. The van der Waals surface area contributed by atoms with Gasteiger partial charge < -0.3 is 20.1 Å². The van der Waals surface area contributed by atoms with Crippen molar-refractivity contribution in [2.45, 2.75) is 45.1 Å². The molecule has 2 atom stereocenters. The van der Waals surface area contributed by atoms with E-state index in [1.807, 2.05) is 36.4 Å². The number of para-hydroxylation sites is 2. The van der Waals surface area contributed by atoms with Gasteiger partial charge in [0.25, 0.3) is 0 Å². The Kier molecular flexibility index (Phi) is 6.51. The van der Waals surface area contributed by atoms with Crippen LogP contribution in [0.1, 0.15) is 55.3 Å². The van der Waals surface area contributed by atoms with Crippen molar-refractivity contribution in [3.8, 4) is 11.5 Å². The molecule has 0 spiro atoms. The van der Waals surface area contributed by atoms with Crippen molar-refractivity contribution in [1.82, 2.24) is 0 Å². The van der Waals surface area contributed by atoms with Gasteiger partial charge in [-0.15, -0.1) is 0 Å². The molecule has 0 amide bonds. The highest BCUT2D eigenvalue weighted by atomic mass is 16.6. The number of rotatable bonds is 5. The van der Waals surface area contributed by atoms with Crippen molar-refractivity contribution >= 4 is 23.1 Å². The summed E-state index contributed by atoms with van der Waals surface area (Å²) in [7, 11) is 1.54. The van der Waals surface area contributed by atoms with Crippen molar-refractivity contribution in [2.24, 2.45) is 0 Å². The van der Waals surface area contributed by atoms with E-state index >= 15 is 0 Å². The van der Waals surface area contributed by atoms with Crippen LogP contribution in [-0.2, 0) is 16.0 Å². The number of methoxy groups -OCH3 is 1. The van der Waals surface area contributed by atoms with Crippen LogP contribution in [0.4, 0.5) is 11.4 Å². The maximum Gasteiger partial charge on any atom is 0.308 e. The molecule has 0 saturated carbocycles. The first-order valence-corrected chi connectivity index (χ1v) is 12.3. The first-order chi connectivity index (χ1) is 17.5. The Balaban J connectivity index is 1.57. The number of allylic oxidation sites excluding steroid dienone is 1. The van der Waals surface area contributed by atoms with E-state index in [9.17, 15) is 9.59 Å². The lowest BCUT2D eigenvalue weighted by Crippen LogP contribution is -2.27. The van der Waals surface area contributed by atoms with E-state index in [0.29, 0.717) is 17.9 Å². The van der Waals surface area contributed by atoms with Crippen molar-refractivity contribution in [1.29, 1.82) is 0 Å². The number of aryl methyl sites for hydroxylation is 1. The third kappa shape index (κ3) is 4.59. The van der Waals surface area contributed by atoms with Gasteiger partial charge in [-0.3, -0.25) is 9.59 Å². The topological polar surface area (TPSA) is 76.7 Å². The third-order valence-electron chi connectivity index (χ3n) is 6.94. The van der Waals surface area contributed by atoms with Crippen molar-refractivity contribution in [3.05, 3.63) is 94.7 Å². The maximum atomic E-state index is 13.8. The molecule has 1 aliphatic carbocycles. The van der Waals surface area contributed by atoms with Crippen LogP contribution in [0.2, 0.25) is 0 Å². The van der Waals surface area contributed by atoms with E-state index in [1.54, 1.807) is 6.07 Å². The number of fused-ring (bicyclic) bond motifs is 1. The summed E-state index contributed by atoms with van der Waals surface area (Å²) in [6.45, 7) is 3.50. The van der Waals surface area contributed by atoms with Gasteiger partial charge in [-0.1, -0.05) is 49.4 Å². The highest BCUT2D eigenvalue weighted by Gasteiger charge is 2.36. The predicted octanol–water partition coefficient (Wildman–Crippen LogP) is 6.16. The highest BCUT2D eigenvalue weighted by molar-refractivity contribution is 6.01. The van der Waals surface area contributed by atoms with Gasteiger partial charge in [0.05, 0.1) is 24.5 Å². The Hall–Kier alpha value is -4.06. The minimum absolute atomic E-state index is 0.112. The standard InChI is InChI=1S/C30H30N2O4/c1-4-19-9-11-20(12-10-19)22-15-25-29(26(34)16-22)30(32-24-8-6-5-7-23(24)31-25)21-13-14-27(36-18(2)33)28(17-21)35-3/h5-14,17,22,30-32H,4,15-16H2,1-3H3. The summed E-state index contributed by atoms with van der Waals surface area (Å²) in [5.41, 5.74) is 6.84. The molecule has 1 heterocycles. The molecule has 3 aromatic carbocycles. The molecule has 6 nitrogen and oxygen atoms in total. The Morgan fingerprint density at radius 2 is 1.67 bits per heavy atom. The second kappa shape index (κ2) is 9.90. The molecular formula is C30H30N2O4. The molecule has 6 heteroatoms. The number of carbonyl (C=O) groups is 2. The Labute approximate surface area is 211 Å². The van der Waals surface area contributed by atoms with E-state index in [-0.39, 0.29) is 17.7 Å². The van der Waals surface area contributed by atoms with Crippen LogP contribution in [0.5, 0.6) is 11.5 Å². The molecule has 1 aliphatic heterocycles. The number of anilines is 2. The molecule has 0 bridgehead atoms. The number of Topliss-reactive ketones (excluding diaryl/α,β-unsaturated/α-hetero) is 1. The average molecular weight is 483 g/mol. The fourth-order valence-corrected chi connectivity index (χ4v) is 5.11. The number of ketones is 1. The zero-order valence-electron chi connectivity index (χ0n) is 20.8. The molecule has 3 aromatic rings. The minimum atomic E-state index is -0.419. The second-order valence-electron chi connectivity index (χ2n) is 9.27. The zero-order valence-corrected chi connectivity index (χ0v) is 20.8. The van der Waals surface area contributed by atoms with Gasteiger partial charge in [0, 0.05) is 24.6 Å². The molecular weight excluding hydrogens is 452 g/mol. The molecule has 184 valence electrons. The molecule has 2 N–H and O–H groups in total. The average Bonchev–Trinajstić information content (AvgIpc) is 3.05. The van der Waals surface area contributed by atoms with Crippen molar-refractivity contribution in [3.63, 3.8) is 0 Å². The summed E-state index contributed by atoms with van der Waals surface area (Å²) in [4.78, 5) is 25.3. The summed E-state index contributed by atoms with van der Waals surface area (Å²) in [6.07, 6.45) is 2.18. The van der Waals surface area contributed by atoms with Crippen molar-refractivity contribution < 1.29 is 19.1 Å². The summed E-state index contributed by atoms with van der Waals surface area (Å²) < 4.78 is 10.8. The number of benzene rings is 3. The van der Waals surface area contributed by atoms with Gasteiger partial charge in [-0.25, -0.2) is 0 Å². The third-order valence-corrected chi connectivity index (χ3v) is 6.94. The van der Waals surface area contributed by atoms with Gasteiger partial charge in [0.15, 0.2) is 17.3 Å². The Morgan fingerprint density at radius 3 is 2.36 bits per heavy atom. The van der Waals surface area contributed by atoms with Gasteiger partial charge >= 0.3 is 5.97 Å². The summed E-state index contributed by atoms with van der Waals surface area (Å²) in [6, 6.07) is 21.6. The van der Waals surface area contributed by atoms with Crippen LogP contribution in [-0.4, -0.2) is 18.9 Å². The van der Waals surface area contributed by atoms with Crippen LogP contribution < -0.4 is 20.1 Å². The number of esters is 1. The first-order valence-electron chi connectivity index (χ1n) is 12.3. The summed E-state index contributed by atoms with van der Waals surface area (Å²) in [5, 5.41) is 7.16. The van der Waals surface area contributed by atoms with E-state index < -0.39 is 5.97 Å². The molecule has 0 saturated heterocycles. The highest BCUT2D eigenvalue weighted by Crippen LogP contribution is 2.45. The molecule has 5 rings (SSSR count). The van der Waals surface area contributed by atoms with Gasteiger partial charge in [-0.05, 0) is 59.7 Å². The normalized spacial score (nSPS) is 18.8. The van der Waals surface area contributed by atoms with E-state index in [2.05, 4.69) is 41.8 Å². The summed E-state index contributed by atoms with van der Waals surface area (Å²) >= 11 is 0. The lowest BCUT2D eigenvalue weighted by atomic mass is 9.78. The molecule has 2 unspecified atom stereocenters. The number of hydrogen-bond donors (Lipinski definition) is 2. The monoisotopic (exact) mass is 482 g/mol. The molecule has 0 fully saturated rings. The zero-order chi connectivity index (χ0) is 25.2. The smallest absolute Gasteiger partial charge is 0.308 e. The van der Waals surface area contributed by atoms with Crippen LogP contribution in [0, 0.1) is 0 Å². The molecule has 0 aromatic heterocycles. The maximum absolute atomic E-state index is 13.8. The first kappa shape index (κ1) is 23.7. The summed E-state index contributed by atoms with van der Waals surface area (Å²) in [5.74, 6) is 0.593. The van der Waals surface area contributed by atoms with Crippen LogP contribution >= 0.6 is 0 Å². The fourth-order valence-electron chi connectivity index (χ4n) is 5.11. The Morgan fingerprint density at radius 1 is 0.944 bits per heavy atom. The SMILES string of the molecule is CCc1ccc(C2CC(=O)C3=C(C2)Nc2ccccc2NC3c2ccc(OC(C)=O)c(OC)c2)cc1. The van der Waals surface area contributed by atoms with E-state index in [0.717, 1.165) is 41.1 Å². The van der Waals surface area contributed by atoms with Gasteiger partial charge in [-0.2, -0.15) is 0 Å². The van der Waals surface area contributed by atoms with Crippen LogP contribution in [0.15, 0.2) is 78.0 Å². The molecule has 2 aliphatic rings. The van der Waals surface area contributed by atoms with Crippen LogP contribution in [0.25, 0.3) is 0 Å². The predicted molar refractivity (Wildman–Crippen MR) is 141 cm³/mol. The quantitative estimate of drug-likeness (QED) is 0.335. The van der Waals surface area contributed by atoms with E-state index in [4.69, 9.17) is 9.47 Å². The Bertz CT molecular complexity index is 1340. The number of nitrogens with one attached hydrogen (secondary N) is 2. The van der Waals surface area contributed by atoms with Crippen molar-refractivity contribution in [2.75, 3.05) is 17.7 Å². The van der Waals surface area contributed by atoms with Crippen LogP contribution in [0.3, 0.4) is 0 Å². The van der Waals surface area contributed by atoms with Gasteiger partial charge in [0.1, 0.15) is 0 Å². The molecule has 0 radical (unpaired) electrons. The number of ether oxygens (including phenoxy) is 2. The fraction of sp³-hybridized carbons (Fsp3) is 0.267. The second-order valence-corrected chi connectivity index (χ2v) is 9.27. The number of carbonyl (C=O) groups excluding carboxylic acids is 2. The van der Waals surface area contributed by atoms with E-state index in [1.165, 1.54) is 25.2 Å². The minimum Gasteiger partial charge on any atom is -0.493 e. The lowest BCUT2D eigenvalue weighted by Gasteiger charge is -2.30. The van der Waals surface area contributed by atoms with Gasteiger partial charge in [0.2, 0.25) is 0 Å². The largest absolute Gasteiger partial charge is 0.493 e. The molecule has 36 heavy (non-hydrogen) atoms. The lowest BCUT2D eigenvalue weighted by molar-refractivity contribution is -0.132.